The molecule has 0 aliphatic rings. The minimum Gasteiger partial charge on any atom is -0.326 e. The Hall–Kier alpha value is -1.93. The van der Waals surface area contributed by atoms with E-state index in [2.05, 4.69) is 10.6 Å². The zero-order valence-corrected chi connectivity index (χ0v) is 14.6. The van der Waals surface area contributed by atoms with Gasteiger partial charge in [-0.15, -0.1) is 0 Å². The quantitative estimate of drug-likeness (QED) is 0.788. The SMILES string of the molecule is CCC(C)N(CC(=O)Nc1cccc(NC(C)=O)c1)S(C)(=O)=O. The van der Waals surface area contributed by atoms with Crippen LogP contribution < -0.4 is 10.6 Å². The highest BCUT2D eigenvalue weighted by atomic mass is 32.2. The summed E-state index contributed by atoms with van der Waals surface area (Å²) in [7, 11) is -3.47. The first-order valence-electron chi connectivity index (χ1n) is 7.27. The van der Waals surface area contributed by atoms with Gasteiger partial charge in [-0.3, -0.25) is 9.59 Å². The van der Waals surface area contributed by atoms with Crippen molar-refractivity contribution >= 4 is 33.2 Å². The lowest BCUT2D eigenvalue weighted by atomic mass is 10.2. The molecule has 0 radical (unpaired) electrons. The van der Waals surface area contributed by atoms with Crippen LogP contribution in [0.2, 0.25) is 0 Å². The van der Waals surface area contributed by atoms with Crippen molar-refractivity contribution in [1.82, 2.24) is 4.31 Å². The molecule has 7 nitrogen and oxygen atoms in total. The van der Waals surface area contributed by atoms with E-state index in [1.165, 1.54) is 11.2 Å². The lowest BCUT2D eigenvalue weighted by molar-refractivity contribution is -0.116. The molecule has 0 aliphatic carbocycles. The minimum absolute atomic E-state index is 0.214. The molecule has 0 fully saturated rings. The number of nitrogens with one attached hydrogen (secondary N) is 2. The predicted molar refractivity (Wildman–Crippen MR) is 90.7 cm³/mol. The van der Waals surface area contributed by atoms with Crippen LogP contribution >= 0.6 is 0 Å². The predicted octanol–water partition coefficient (Wildman–Crippen LogP) is 1.64. The third-order valence-electron chi connectivity index (χ3n) is 3.27. The van der Waals surface area contributed by atoms with Crippen LogP contribution in [-0.4, -0.2) is 43.4 Å². The number of rotatable bonds is 7. The fourth-order valence-electron chi connectivity index (χ4n) is 2.02. The average molecular weight is 341 g/mol. The second-order valence-corrected chi connectivity index (χ2v) is 7.31. The fraction of sp³-hybridized carbons (Fsp3) is 0.467. The lowest BCUT2D eigenvalue weighted by Crippen LogP contribution is -2.42. The van der Waals surface area contributed by atoms with Crippen LogP contribution in [0.25, 0.3) is 0 Å². The molecule has 1 aromatic rings. The van der Waals surface area contributed by atoms with Crippen molar-refractivity contribution in [3.63, 3.8) is 0 Å². The molecule has 1 aromatic carbocycles. The van der Waals surface area contributed by atoms with E-state index in [9.17, 15) is 18.0 Å². The Morgan fingerprint density at radius 1 is 1.22 bits per heavy atom. The number of hydrogen-bond acceptors (Lipinski definition) is 4. The Balaban J connectivity index is 2.81. The number of sulfonamides is 1. The van der Waals surface area contributed by atoms with Crippen molar-refractivity contribution in [2.24, 2.45) is 0 Å². The van der Waals surface area contributed by atoms with Gasteiger partial charge < -0.3 is 10.6 Å². The van der Waals surface area contributed by atoms with Crippen LogP contribution in [0, 0.1) is 0 Å². The Morgan fingerprint density at radius 2 is 1.78 bits per heavy atom. The Kier molecular flexibility index (Phi) is 6.71. The largest absolute Gasteiger partial charge is 0.326 e. The molecule has 1 rings (SSSR count). The molecule has 0 saturated heterocycles. The molecule has 0 heterocycles. The summed E-state index contributed by atoms with van der Waals surface area (Å²) in [4.78, 5) is 23.2. The van der Waals surface area contributed by atoms with E-state index in [0.29, 0.717) is 17.8 Å². The highest BCUT2D eigenvalue weighted by Crippen LogP contribution is 2.16. The van der Waals surface area contributed by atoms with Gasteiger partial charge in [0.2, 0.25) is 21.8 Å². The monoisotopic (exact) mass is 341 g/mol. The van der Waals surface area contributed by atoms with Crippen molar-refractivity contribution in [2.45, 2.75) is 33.2 Å². The molecule has 0 bridgehead atoms. The number of carbonyl (C=O) groups is 2. The second-order valence-electron chi connectivity index (χ2n) is 5.38. The first-order valence-corrected chi connectivity index (χ1v) is 9.12. The summed E-state index contributed by atoms with van der Waals surface area (Å²) < 4.78 is 24.8. The van der Waals surface area contributed by atoms with Gasteiger partial charge in [0.1, 0.15) is 0 Å². The van der Waals surface area contributed by atoms with Crippen molar-refractivity contribution in [3.05, 3.63) is 24.3 Å². The van der Waals surface area contributed by atoms with Gasteiger partial charge in [-0.1, -0.05) is 13.0 Å². The maximum Gasteiger partial charge on any atom is 0.239 e. The van der Waals surface area contributed by atoms with Crippen LogP contribution in [0.5, 0.6) is 0 Å². The number of anilines is 2. The zero-order valence-electron chi connectivity index (χ0n) is 13.8. The highest BCUT2D eigenvalue weighted by Gasteiger charge is 2.24. The van der Waals surface area contributed by atoms with Crippen molar-refractivity contribution in [1.29, 1.82) is 0 Å². The summed E-state index contributed by atoms with van der Waals surface area (Å²) in [6.45, 7) is 4.75. The molecule has 0 saturated carbocycles. The van der Waals surface area contributed by atoms with E-state index in [-0.39, 0.29) is 18.5 Å². The van der Waals surface area contributed by atoms with Crippen LogP contribution in [-0.2, 0) is 19.6 Å². The van der Waals surface area contributed by atoms with E-state index in [4.69, 9.17) is 0 Å². The molecule has 128 valence electrons. The van der Waals surface area contributed by atoms with Gasteiger partial charge in [0.05, 0.1) is 12.8 Å². The molecule has 2 N–H and O–H groups in total. The fourth-order valence-corrected chi connectivity index (χ4v) is 3.18. The van der Waals surface area contributed by atoms with Crippen LogP contribution in [0.1, 0.15) is 27.2 Å². The molecule has 8 heteroatoms. The van der Waals surface area contributed by atoms with Crippen LogP contribution in [0.4, 0.5) is 11.4 Å². The van der Waals surface area contributed by atoms with Crippen molar-refractivity contribution in [3.8, 4) is 0 Å². The zero-order chi connectivity index (χ0) is 17.6. The van der Waals surface area contributed by atoms with Crippen LogP contribution in [0.3, 0.4) is 0 Å². The van der Waals surface area contributed by atoms with Gasteiger partial charge in [0.25, 0.3) is 0 Å². The maximum atomic E-state index is 12.1. The number of carbonyl (C=O) groups excluding carboxylic acids is 2. The van der Waals surface area contributed by atoms with E-state index in [0.717, 1.165) is 6.26 Å². The topological polar surface area (TPSA) is 95.6 Å². The van der Waals surface area contributed by atoms with E-state index in [1.807, 2.05) is 6.92 Å². The van der Waals surface area contributed by atoms with Crippen molar-refractivity contribution in [2.75, 3.05) is 23.4 Å². The normalized spacial score (nSPS) is 12.7. The average Bonchev–Trinajstić information content (AvgIpc) is 2.42. The highest BCUT2D eigenvalue weighted by molar-refractivity contribution is 7.88. The summed E-state index contributed by atoms with van der Waals surface area (Å²) in [5.74, 6) is -0.649. The summed E-state index contributed by atoms with van der Waals surface area (Å²) in [5, 5.41) is 5.26. The van der Waals surface area contributed by atoms with Gasteiger partial charge in [-0.05, 0) is 31.5 Å². The summed E-state index contributed by atoms with van der Waals surface area (Å²) >= 11 is 0. The Morgan fingerprint density at radius 3 is 2.26 bits per heavy atom. The molecule has 1 atom stereocenters. The van der Waals surface area contributed by atoms with Gasteiger partial charge in [-0.2, -0.15) is 4.31 Å². The van der Waals surface area contributed by atoms with E-state index in [1.54, 1.807) is 31.2 Å². The van der Waals surface area contributed by atoms with E-state index < -0.39 is 15.9 Å². The molecule has 1 unspecified atom stereocenters. The lowest BCUT2D eigenvalue weighted by Gasteiger charge is -2.25. The smallest absolute Gasteiger partial charge is 0.239 e. The standard InChI is InChI=1S/C15H23N3O4S/c1-5-11(2)18(23(4,21)22)10-15(20)17-14-8-6-7-13(9-14)16-12(3)19/h6-9,11H,5,10H2,1-4H3,(H,16,19)(H,17,20). The number of hydrogen-bond donors (Lipinski definition) is 2. The molecular formula is C15H23N3O4S. The first kappa shape index (κ1) is 19.1. The van der Waals surface area contributed by atoms with Gasteiger partial charge in [0.15, 0.2) is 0 Å². The maximum absolute atomic E-state index is 12.1. The molecule has 0 aliphatic heterocycles. The molecule has 23 heavy (non-hydrogen) atoms. The number of benzene rings is 1. The van der Waals surface area contributed by atoms with Crippen LogP contribution in [0.15, 0.2) is 24.3 Å². The molecular weight excluding hydrogens is 318 g/mol. The summed E-state index contributed by atoms with van der Waals surface area (Å²) in [6, 6.07) is 6.38. The number of amides is 2. The summed E-state index contributed by atoms with van der Waals surface area (Å²) in [6.07, 6.45) is 1.70. The Bertz CT molecular complexity index is 673. The molecule has 0 aromatic heterocycles. The second kappa shape index (κ2) is 8.07. The molecule has 2 amide bonds. The van der Waals surface area contributed by atoms with Gasteiger partial charge in [0, 0.05) is 24.3 Å². The van der Waals surface area contributed by atoms with E-state index >= 15 is 0 Å². The van der Waals surface area contributed by atoms with Crippen molar-refractivity contribution < 1.29 is 18.0 Å². The molecule has 0 spiro atoms. The third kappa shape index (κ3) is 6.37. The summed E-state index contributed by atoms with van der Waals surface area (Å²) in [5.41, 5.74) is 1.04. The number of nitrogens with zero attached hydrogens (tertiary/aromatic N) is 1. The van der Waals surface area contributed by atoms with Gasteiger partial charge >= 0.3 is 0 Å². The van der Waals surface area contributed by atoms with Gasteiger partial charge in [-0.25, -0.2) is 8.42 Å². The third-order valence-corrected chi connectivity index (χ3v) is 4.62. The minimum atomic E-state index is -3.47. The first-order chi connectivity index (χ1) is 10.6. The Labute approximate surface area is 137 Å².